The van der Waals surface area contributed by atoms with E-state index < -0.39 is 0 Å². The third-order valence-corrected chi connectivity index (χ3v) is 4.97. The Kier molecular flexibility index (Phi) is 3.54. The van der Waals surface area contributed by atoms with Crippen LogP contribution >= 0.6 is 12.2 Å². The largest absolute Gasteiger partial charge is 0.373 e. The van der Waals surface area contributed by atoms with Gasteiger partial charge in [-0.15, -0.1) is 0 Å². The highest BCUT2D eigenvalue weighted by Crippen LogP contribution is 2.34. The fourth-order valence-corrected chi connectivity index (χ4v) is 3.79. The van der Waals surface area contributed by atoms with Crippen molar-refractivity contribution in [2.75, 3.05) is 0 Å². The molecule has 23 heavy (non-hydrogen) atoms. The lowest BCUT2D eigenvalue weighted by atomic mass is 9.95. The van der Waals surface area contributed by atoms with Crippen molar-refractivity contribution in [1.29, 1.82) is 0 Å². The lowest BCUT2D eigenvalue weighted by molar-refractivity contribution is -0.122. The molecule has 1 aromatic heterocycles. The molecule has 1 aromatic carbocycles. The molecule has 0 saturated carbocycles. The minimum Gasteiger partial charge on any atom is -0.373 e. The molecular formula is C16H17N3O3S. The van der Waals surface area contributed by atoms with Crippen molar-refractivity contribution in [3.05, 3.63) is 39.4 Å². The summed E-state index contributed by atoms with van der Waals surface area (Å²) in [6, 6.07) is 7.19. The number of aromatic nitrogens is 2. The van der Waals surface area contributed by atoms with E-state index in [9.17, 15) is 9.59 Å². The van der Waals surface area contributed by atoms with Gasteiger partial charge in [0.15, 0.2) is 4.77 Å². The molecule has 3 heterocycles. The van der Waals surface area contributed by atoms with E-state index in [2.05, 4.69) is 10.3 Å². The Hall–Kier alpha value is -1.99. The van der Waals surface area contributed by atoms with Crippen LogP contribution in [0.4, 0.5) is 0 Å². The van der Waals surface area contributed by atoms with Gasteiger partial charge in [-0.1, -0.05) is 12.1 Å². The molecule has 2 aliphatic rings. The third-order valence-electron chi connectivity index (χ3n) is 4.64. The molecule has 2 aromatic rings. The quantitative estimate of drug-likeness (QED) is 0.836. The second-order valence-electron chi connectivity index (χ2n) is 6.15. The van der Waals surface area contributed by atoms with Gasteiger partial charge in [0.25, 0.3) is 5.56 Å². The van der Waals surface area contributed by atoms with Gasteiger partial charge in [0.2, 0.25) is 5.91 Å². The molecule has 2 aliphatic heterocycles. The number of carbonyl (C=O) groups excluding carboxylic acids is 1. The minimum absolute atomic E-state index is 0.0509. The number of hydrogen-bond acceptors (Lipinski definition) is 4. The molecule has 2 bridgehead atoms. The van der Waals surface area contributed by atoms with Crippen molar-refractivity contribution >= 4 is 29.0 Å². The first-order valence-electron chi connectivity index (χ1n) is 7.78. The summed E-state index contributed by atoms with van der Waals surface area (Å²) in [5, 5.41) is 3.50. The summed E-state index contributed by atoms with van der Waals surface area (Å²) in [5.41, 5.74) is 0.435. The molecule has 4 rings (SSSR count). The maximum absolute atomic E-state index is 12.5. The summed E-state index contributed by atoms with van der Waals surface area (Å²) in [6.07, 6.45) is 3.32. The lowest BCUT2D eigenvalue weighted by Gasteiger charge is -2.20. The average molecular weight is 331 g/mol. The Balaban J connectivity index is 1.56. The predicted octanol–water partition coefficient (Wildman–Crippen LogP) is 1.50. The van der Waals surface area contributed by atoms with Gasteiger partial charge in [-0.25, -0.2) is 0 Å². The van der Waals surface area contributed by atoms with Crippen LogP contribution in [0.1, 0.15) is 19.3 Å². The number of fused-ring (bicyclic) bond motifs is 3. The number of hydrogen-bond donors (Lipinski definition) is 2. The topological polar surface area (TPSA) is 76.1 Å². The van der Waals surface area contributed by atoms with Crippen molar-refractivity contribution in [3.8, 4) is 0 Å². The van der Waals surface area contributed by atoms with Gasteiger partial charge < -0.3 is 15.0 Å². The number of benzene rings is 1. The van der Waals surface area contributed by atoms with E-state index in [-0.39, 0.29) is 41.0 Å². The number of para-hydroxylation sites is 1. The number of amides is 1. The SMILES string of the molecule is O=C(Cn1c(=S)[nH]c2ccccc2c1=O)NC1CC2CCC1O2. The summed E-state index contributed by atoms with van der Waals surface area (Å²) in [6.45, 7) is -0.0765. The fourth-order valence-electron chi connectivity index (χ4n) is 3.53. The van der Waals surface area contributed by atoms with Crippen LogP contribution in [0.15, 0.2) is 29.1 Å². The standard InChI is InChI=1S/C16H17N3O3S/c20-14(17-12-7-9-5-6-13(12)22-9)8-19-15(21)10-3-1-2-4-11(10)18-16(19)23/h1-4,9,12-13H,5-8H2,(H,17,20)(H,18,23). The van der Waals surface area contributed by atoms with Gasteiger partial charge in [-0.05, 0) is 43.6 Å². The van der Waals surface area contributed by atoms with E-state index in [0.717, 1.165) is 19.3 Å². The van der Waals surface area contributed by atoms with Crippen molar-refractivity contribution in [2.24, 2.45) is 0 Å². The van der Waals surface area contributed by atoms with Crippen molar-refractivity contribution < 1.29 is 9.53 Å². The van der Waals surface area contributed by atoms with Crippen LogP contribution in [-0.4, -0.2) is 33.7 Å². The number of nitrogens with zero attached hydrogens (tertiary/aromatic N) is 1. The molecule has 1 amide bonds. The van der Waals surface area contributed by atoms with Gasteiger partial charge in [0.1, 0.15) is 6.54 Å². The maximum Gasteiger partial charge on any atom is 0.262 e. The van der Waals surface area contributed by atoms with Crippen molar-refractivity contribution in [3.63, 3.8) is 0 Å². The zero-order valence-electron chi connectivity index (χ0n) is 12.5. The highest BCUT2D eigenvalue weighted by atomic mass is 32.1. The fraction of sp³-hybridized carbons (Fsp3) is 0.438. The molecule has 0 spiro atoms. The van der Waals surface area contributed by atoms with Gasteiger partial charge in [-0.3, -0.25) is 14.2 Å². The number of carbonyl (C=O) groups is 1. The van der Waals surface area contributed by atoms with Crippen LogP contribution in [0, 0.1) is 4.77 Å². The number of H-pyrrole nitrogens is 1. The highest BCUT2D eigenvalue weighted by Gasteiger charge is 2.41. The van der Waals surface area contributed by atoms with Crippen LogP contribution in [0.5, 0.6) is 0 Å². The molecule has 0 aliphatic carbocycles. The molecule has 2 fully saturated rings. The van der Waals surface area contributed by atoms with Gasteiger partial charge >= 0.3 is 0 Å². The Morgan fingerprint density at radius 1 is 1.39 bits per heavy atom. The summed E-state index contributed by atoms with van der Waals surface area (Å²) in [7, 11) is 0. The van der Waals surface area contributed by atoms with Crippen LogP contribution in [0.2, 0.25) is 0 Å². The monoisotopic (exact) mass is 331 g/mol. The summed E-state index contributed by atoms with van der Waals surface area (Å²) in [5.74, 6) is -0.206. The van der Waals surface area contributed by atoms with Crippen LogP contribution in [0.25, 0.3) is 10.9 Å². The number of aromatic amines is 1. The Bertz CT molecular complexity index is 888. The molecule has 6 nitrogen and oxygen atoms in total. The molecule has 7 heteroatoms. The maximum atomic E-state index is 12.5. The average Bonchev–Trinajstić information content (AvgIpc) is 3.14. The van der Waals surface area contributed by atoms with E-state index in [1.54, 1.807) is 18.2 Å². The summed E-state index contributed by atoms with van der Waals surface area (Å²) < 4.78 is 7.30. The highest BCUT2D eigenvalue weighted by molar-refractivity contribution is 7.71. The Labute approximate surface area is 137 Å². The van der Waals surface area contributed by atoms with E-state index in [4.69, 9.17) is 17.0 Å². The van der Waals surface area contributed by atoms with Crippen LogP contribution in [0.3, 0.4) is 0 Å². The first-order valence-corrected chi connectivity index (χ1v) is 8.19. The molecule has 3 atom stereocenters. The minimum atomic E-state index is -0.247. The van der Waals surface area contributed by atoms with E-state index in [0.29, 0.717) is 10.9 Å². The van der Waals surface area contributed by atoms with Crippen LogP contribution < -0.4 is 10.9 Å². The normalized spacial score (nSPS) is 25.8. The summed E-state index contributed by atoms with van der Waals surface area (Å²) >= 11 is 5.22. The molecule has 120 valence electrons. The zero-order valence-corrected chi connectivity index (χ0v) is 13.3. The first-order chi connectivity index (χ1) is 11.1. The lowest BCUT2D eigenvalue weighted by Crippen LogP contribution is -2.44. The molecular weight excluding hydrogens is 314 g/mol. The van der Waals surface area contributed by atoms with Crippen LogP contribution in [-0.2, 0) is 16.1 Å². The molecule has 2 saturated heterocycles. The molecule has 3 unspecified atom stereocenters. The zero-order chi connectivity index (χ0) is 16.0. The van der Waals surface area contributed by atoms with Crippen molar-refractivity contribution in [1.82, 2.24) is 14.9 Å². The van der Waals surface area contributed by atoms with E-state index in [1.165, 1.54) is 4.57 Å². The number of rotatable bonds is 3. The van der Waals surface area contributed by atoms with E-state index >= 15 is 0 Å². The van der Waals surface area contributed by atoms with Gasteiger partial charge in [0, 0.05) is 0 Å². The second kappa shape index (κ2) is 5.58. The number of nitrogens with one attached hydrogen (secondary N) is 2. The second-order valence-corrected chi connectivity index (χ2v) is 6.54. The third kappa shape index (κ3) is 2.60. The Morgan fingerprint density at radius 2 is 2.22 bits per heavy atom. The molecule has 0 radical (unpaired) electrons. The van der Waals surface area contributed by atoms with Gasteiger partial charge in [-0.2, -0.15) is 0 Å². The Morgan fingerprint density at radius 3 is 2.96 bits per heavy atom. The first kappa shape index (κ1) is 14.6. The van der Waals surface area contributed by atoms with E-state index in [1.807, 2.05) is 6.07 Å². The number of ether oxygens (including phenoxy) is 1. The predicted molar refractivity (Wildman–Crippen MR) is 87.8 cm³/mol. The summed E-state index contributed by atoms with van der Waals surface area (Å²) in [4.78, 5) is 27.8. The smallest absolute Gasteiger partial charge is 0.262 e. The molecule has 2 N–H and O–H groups in total. The van der Waals surface area contributed by atoms with Crippen molar-refractivity contribution in [2.45, 2.75) is 44.1 Å². The van der Waals surface area contributed by atoms with Gasteiger partial charge in [0.05, 0.1) is 29.2 Å².